The van der Waals surface area contributed by atoms with Crippen molar-refractivity contribution in [2.24, 2.45) is 17.8 Å². The van der Waals surface area contributed by atoms with Crippen molar-refractivity contribution in [2.45, 2.75) is 27.2 Å². The maximum Gasteiger partial charge on any atom is 0.308 e. The van der Waals surface area contributed by atoms with Gasteiger partial charge in [-0.05, 0) is 30.4 Å². The monoisotopic (exact) mass is 349 g/mol. The third-order valence-corrected chi connectivity index (χ3v) is 4.29. The first-order valence-electron chi connectivity index (χ1n) is 8.64. The van der Waals surface area contributed by atoms with E-state index in [-0.39, 0.29) is 18.4 Å². The Labute approximate surface area is 148 Å². The van der Waals surface area contributed by atoms with Crippen LogP contribution in [0.2, 0.25) is 0 Å². The molecule has 1 aromatic carbocycles. The molecule has 0 bridgehead atoms. The van der Waals surface area contributed by atoms with Gasteiger partial charge in [0.1, 0.15) is 11.5 Å². The van der Waals surface area contributed by atoms with Gasteiger partial charge < -0.3 is 19.5 Å². The zero-order valence-electron chi connectivity index (χ0n) is 15.3. The quantitative estimate of drug-likeness (QED) is 0.854. The molecular weight excluding hydrogens is 322 g/mol. The molecule has 1 aliphatic heterocycles. The number of hydrogen-bond donors (Lipinski definition) is 1. The normalized spacial score (nSPS) is 20.4. The van der Waals surface area contributed by atoms with E-state index >= 15 is 0 Å². The molecule has 1 aliphatic rings. The summed E-state index contributed by atoms with van der Waals surface area (Å²) in [5.41, 5.74) is 0.444. The van der Waals surface area contributed by atoms with E-state index in [4.69, 9.17) is 9.47 Å². The van der Waals surface area contributed by atoms with Crippen LogP contribution < -0.4 is 9.47 Å². The molecule has 0 aromatic heterocycles. The Balaban J connectivity index is 2.26. The lowest BCUT2D eigenvalue weighted by Crippen LogP contribution is -2.45. The highest BCUT2D eigenvalue weighted by Gasteiger charge is 2.33. The van der Waals surface area contributed by atoms with Crippen LogP contribution in [0.25, 0.3) is 0 Å². The van der Waals surface area contributed by atoms with Crippen LogP contribution in [0.4, 0.5) is 0 Å². The summed E-state index contributed by atoms with van der Waals surface area (Å²) in [6, 6.07) is 5.11. The summed E-state index contributed by atoms with van der Waals surface area (Å²) >= 11 is 0. The lowest BCUT2D eigenvalue weighted by atomic mass is 9.90. The van der Waals surface area contributed by atoms with Gasteiger partial charge in [0.15, 0.2) is 0 Å². The first-order chi connectivity index (χ1) is 11.8. The molecule has 6 nitrogen and oxygen atoms in total. The van der Waals surface area contributed by atoms with Gasteiger partial charge in [0.25, 0.3) is 5.91 Å². The zero-order valence-corrected chi connectivity index (χ0v) is 15.3. The molecule has 0 radical (unpaired) electrons. The molecule has 1 fully saturated rings. The van der Waals surface area contributed by atoms with Gasteiger partial charge in [0, 0.05) is 19.2 Å². The summed E-state index contributed by atoms with van der Waals surface area (Å²) in [6.07, 6.45) is 0.596. The molecule has 0 saturated carbocycles. The van der Waals surface area contributed by atoms with Crippen molar-refractivity contribution in [3.05, 3.63) is 23.8 Å². The summed E-state index contributed by atoms with van der Waals surface area (Å²) in [7, 11) is 1.56. The van der Waals surface area contributed by atoms with Crippen LogP contribution in [0.1, 0.15) is 37.6 Å². The number of carbonyl (C=O) groups excluding carboxylic acids is 1. The molecule has 1 amide bonds. The van der Waals surface area contributed by atoms with Crippen molar-refractivity contribution < 1.29 is 24.2 Å². The number of amides is 1. The fraction of sp³-hybridized carbons (Fsp3) is 0.579. The molecule has 2 unspecified atom stereocenters. The number of likely N-dealkylation sites (tertiary alicyclic amines) is 1. The van der Waals surface area contributed by atoms with E-state index < -0.39 is 11.9 Å². The predicted octanol–water partition coefficient (Wildman–Crippen LogP) is 2.91. The number of benzene rings is 1. The van der Waals surface area contributed by atoms with Crippen LogP contribution in [0.5, 0.6) is 11.5 Å². The van der Waals surface area contributed by atoms with E-state index in [0.29, 0.717) is 42.6 Å². The minimum atomic E-state index is -0.852. The SMILES string of the molecule is COc1ccc(C(=O)N2CC(C)CC(C(=O)O)C2)c(OCC(C)C)c1. The highest BCUT2D eigenvalue weighted by Crippen LogP contribution is 2.29. The number of ether oxygens (including phenoxy) is 2. The Morgan fingerprint density at radius 2 is 2.04 bits per heavy atom. The van der Waals surface area contributed by atoms with Gasteiger partial charge in [-0.2, -0.15) is 0 Å². The summed E-state index contributed by atoms with van der Waals surface area (Å²) in [5.74, 6) is -0.00734. The first kappa shape index (κ1) is 19.1. The van der Waals surface area contributed by atoms with Gasteiger partial charge in [-0.1, -0.05) is 20.8 Å². The highest BCUT2D eigenvalue weighted by molar-refractivity contribution is 5.97. The second-order valence-corrected chi connectivity index (χ2v) is 7.15. The first-order valence-corrected chi connectivity index (χ1v) is 8.64. The van der Waals surface area contributed by atoms with Crippen LogP contribution in [0.15, 0.2) is 18.2 Å². The standard InChI is InChI=1S/C19H27NO5/c1-12(2)11-25-17-8-15(24-4)5-6-16(17)18(21)20-9-13(3)7-14(10-20)19(22)23/h5-6,8,12-14H,7,9-11H2,1-4H3,(H,22,23). The summed E-state index contributed by atoms with van der Waals surface area (Å²) in [6.45, 7) is 7.31. The number of aliphatic carboxylic acids is 1. The minimum Gasteiger partial charge on any atom is -0.497 e. The number of nitrogens with zero attached hydrogens (tertiary/aromatic N) is 1. The fourth-order valence-corrected chi connectivity index (χ4v) is 3.05. The molecule has 1 heterocycles. The Morgan fingerprint density at radius 3 is 2.64 bits per heavy atom. The molecular formula is C19H27NO5. The van der Waals surface area contributed by atoms with Crippen molar-refractivity contribution in [3.8, 4) is 11.5 Å². The smallest absolute Gasteiger partial charge is 0.308 e. The van der Waals surface area contributed by atoms with E-state index in [2.05, 4.69) is 0 Å². The van der Waals surface area contributed by atoms with Gasteiger partial charge in [0.05, 0.1) is 25.2 Å². The van der Waals surface area contributed by atoms with Crippen molar-refractivity contribution >= 4 is 11.9 Å². The van der Waals surface area contributed by atoms with Crippen molar-refractivity contribution in [2.75, 3.05) is 26.8 Å². The average Bonchev–Trinajstić information content (AvgIpc) is 2.58. The second kappa shape index (κ2) is 8.23. The number of methoxy groups -OCH3 is 1. The van der Waals surface area contributed by atoms with Crippen LogP contribution in [-0.4, -0.2) is 48.7 Å². The summed E-state index contributed by atoms with van der Waals surface area (Å²) in [5, 5.41) is 9.32. The van der Waals surface area contributed by atoms with E-state index in [1.54, 1.807) is 30.2 Å². The second-order valence-electron chi connectivity index (χ2n) is 7.15. The maximum atomic E-state index is 13.0. The molecule has 0 aliphatic carbocycles. The Kier molecular flexibility index (Phi) is 6.28. The van der Waals surface area contributed by atoms with Crippen molar-refractivity contribution in [3.63, 3.8) is 0 Å². The summed E-state index contributed by atoms with van der Waals surface area (Å²) in [4.78, 5) is 26.0. The molecule has 138 valence electrons. The van der Waals surface area contributed by atoms with Crippen LogP contribution in [-0.2, 0) is 4.79 Å². The molecule has 1 aromatic rings. The molecule has 6 heteroatoms. The molecule has 2 atom stereocenters. The van der Waals surface area contributed by atoms with E-state index in [0.717, 1.165) is 0 Å². The topological polar surface area (TPSA) is 76.1 Å². The lowest BCUT2D eigenvalue weighted by molar-refractivity contribution is -0.143. The largest absolute Gasteiger partial charge is 0.497 e. The predicted molar refractivity (Wildman–Crippen MR) is 94.1 cm³/mol. The number of piperidine rings is 1. The minimum absolute atomic E-state index is 0.150. The Bertz CT molecular complexity index is 628. The van der Waals surface area contributed by atoms with Gasteiger partial charge in [-0.3, -0.25) is 9.59 Å². The van der Waals surface area contributed by atoms with Gasteiger partial charge in [-0.25, -0.2) is 0 Å². The number of hydrogen-bond acceptors (Lipinski definition) is 4. The van der Waals surface area contributed by atoms with E-state index in [1.165, 1.54) is 0 Å². The molecule has 0 spiro atoms. The third kappa shape index (κ3) is 4.87. The number of carbonyl (C=O) groups is 2. The van der Waals surface area contributed by atoms with Gasteiger partial charge >= 0.3 is 5.97 Å². The number of carboxylic acid groups (broad SMARTS) is 1. The molecule has 2 rings (SSSR count). The Hall–Kier alpha value is -2.24. The van der Waals surface area contributed by atoms with Crippen molar-refractivity contribution in [1.82, 2.24) is 4.90 Å². The molecule has 25 heavy (non-hydrogen) atoms. The fourth-order valence-electron chi connectivity index (χ4n) is 3.05. The maximum absolute atomic E-state index is 13.0. The highest BCUT2D eigenvalue weighted by atomic mass is 16.5. The molecule has 1 saturated heterocycles. The molecule has 1 N–H and O–H groups in total. The summed E-state index contributed by atoms with van der Waals surface area (Å²) < 4.78 is 11.0. The van der Waals surface area contributed by atoms with Crippen LogP contribution >= 0.6 is 0 Å². The third-order valence-electron chi connectivity index (χ3n) is 4.29. The van der Waals surface area contributed by atoms with E-state index in [9.17, 15) is 14.7 Å². The van der Waals surface area contributed by atoms with Crippen LogP contribution in [0, 0.1) is 17.8 Å². The van der Waals surface area contributed by atoms with Gasteiger partial charge in [-0.15, -0.1) is 0 Å². The lowest BCUT2D eigenvalue weighted by Gasteiger charge is -2.35. The average molecular weight is 349 g/mol. The zero-order chi connectivity index (χ0) is 18.6. The number of rotatable bonds is 6. The number of carboxylic acids is 1. The van der Waals surface area contributed by atoms with E-state index in [1.807, 2.05) is 20.8 Å². The van der Waals surface area contributed by atoms with Gasteiger partial charge in [0.2, 0.25) is 0 Å². The van der Waals surface area contributed by atoms with Crippen LogP contribution in [0.3, 0.4) is 0 Å². The van der Waals surface area contributed by atoms with Crippen molar-refractivity contribution in [1.29, 1.82) is 0 Å². The Morgan fingerprint density at radius 1 is 1.32 bits per heavy atom.